The Hall–Kier alpha value is 0.140. The summed E-state index contributed by atoms with van der Waals surface area (Å²) < 4.78 is 1.31. The average Bonchev–Trinajstić information content (AvgIpc) is 3.07. The van der Waals surface area contributed by atoms with Crippen LogP contribution in [0, 0.1) is 17.8 Å². The van der Waals surface area contributed by atoms with Crippen molar-refractivity contribution < 1.29 is 0 Å². The Morgan fingerprint density at radius 2 is 2.28 bits per heavy atom. The molecule has 2 fully saturated rings. The molecular weight excluding hydrogens is 306 g/mol. The lowest BCUT2D eigenvalue weighted by Gasteiger charge is -2.31. The van der Waals surface area contributed by atoms with Crippen LogP contribution in [0.3, 0.4) is 0 Å². The third kappa shape index (κ3) is 2.41. The van der Waals surface area contributed by atoms with Gasteiger partial charge in [-0.25, -0.2) is 0 Å². The van der Waals surface area contributed by atoms with Crippen LogP contribution in [0.5, 0.6) is 0 Å². The van der Waals surface area contributed by atoms with Crippen molar-refractivity contribution in [3.63, 3.8) is 0 Å². The first-order chi connectivity index (χ1) is 8.79. The summed E-state index contributed by atoms with van der Waals surface area (Å²) in [5.41, 5.74) is 1.51. The van der Waals surface area contributed by atoms with Crippen LogP contribution >= 0.6 is 27.3 Å². The van der Waals surface area contributed by atoms with Gasteiger partial charge < -0.3 is 5.32 Å². The number of thiophene rings is 1. The van der Waals surface area contributed by atoms with Crippen molar-refractivity contribution in [3.8, 4) is 0 Å². The van der Waals surface area contributed by atoms with Crippen molar-refractivity contribution in [2.75, 3.05) is 6.54 Å². The lowest BCUT2D eigenvalue weighted by Crippen LogP contribution is -2.31. The van der Waals surface area contributed by atoms with Crippen LogP contribution in [0.25, 0.3) is 0 Å². The Labute approximate surface area is 122 Å². The van der Waals surface area contributed by atoms with Gasteiger partial charge in [-0.1, -0.05) is 13.3 Å². The second kappa shape index (κ2) is 5.64. The maximum Gasteiger partial charge on any atom is 0.0370 e. The summed E-state index contributed by atoms with van der Waals surface area (Å²) >= 11 is 5.55. The highest BCUT2D eigenvalue weighted by Crippen LogP contribution is 2.53. The van der Waals surface area contributed by atoms with Crippen molar-refractivity contribution >= 4 is 27.3 Å². The highest BCUT2D eigenvalue weighted by Gasteiger charge is 2.43. The van der Waals surface area contributed by atoms with Gasteiger partial charge in [0.15, 0.2) is 0 Å². The van der Waals surface area contributed by atoms with E-state index in [0.717, 1.165) is 24.3 Å². The molecule has 4 atom stereocenters. The van der Waals surface area contributed by atoms with E-state index in [9.17, 15) is 0 Å². The molecule has 2 aliphatic carbocycles. The maximum absolute atomic E-state index is 3.82. The number of nitrogens with one attached hydrogen (secondary N) is 1. The minimum atomic E-state index is 0.584. The molecule has 3 rings (SSSR count). The smallest absolute Gasteiger partial charge is 0.0370 e. The van der Waals surface area contributed by atoms with Crippen LogP contribution in [0.4, 0.5) is 0 Å². The van der Waals surface area contributed by atoms with Gasteiger partial charge >= 0.3 is 0 Å². The van der Waals surface area contributed by atoms with E-state index in [2.05, 4.69) is 38.9 Å². The molecule has 0 aliphatic heterocycles. The summed E-state index contributed by atoms with van der Waals surface area (Å²) in [6.07, 6.45) is 7.14. The number of hydrogen-bond donors (Lipinski definition) is 1. The minimum absolute atomic E-state index is 0.584. The SMILES string of the molecule is CCCNC(c1cscc1Br)C1CC2CCC1C2. The Morgan fingerprint density at radius 3 is 2.83 bits per heavy atom. The van der Waals surface area contributed by atoms with Crippen LogP contribution < -0.4 is 5.32 Å². The fraction of sp³-hybridized carbons (Fsp3) is 0.733. The summed E-state index contributed by atoms with van der Waals surface area (Å²) in [6.45, 7) is 3.40. The molecule has 0 saturated heterocycles. The van der Waals surface area contributed by atoms with Gasteiger partial charge in [0.2, 0.25) is 0 Å². The van der Waals surface area contributed by atoms with Gasteiger partial charge in [-0.3, -0.25) is 0 Å². The van der Waals surface area contributed by atoms with Crippen molar-refractivity contribution in [2.45, 2.75) is 45.1 Å². The predicted octanol–water partition coefficient (Wildman–Crippen LogP) is 4.99. The standard InChI is InChI=1S/C15H22BrNS/c1-2-5-17-15(13-8-18-9-14(13)16)12-7-10-3-4-11(12)6-10/h8-12,15,17H,2-7H2,1H3. The Kier molecular flexibility index (Phi) is 4.12. The van der Waals surface area contributed by atoms with E-state index in [1.165, 1.54) is 42.1 Å². The third-order valence-corrected chi connectivity index (χ3v) is 6.56. The molecule has 100 valence electrons. The average molecular weight is 328 g/mol. The molecule has 2 aliphatic rings. The van der Waals surface area contributed by atoms with Crippen molar-refractivity contribution in [2.24, 2.45) is 17.8 Å². The van der Waals surface area contributed by atoms with E-state index in [0.29, 0.717) is 6.04 Å². The largest absolute Gasteiger partial charge is 0.310 e. The van der Waals surface area contributed by atoms with Crippen LogP contribution in [0.2, 0.25) is 0 Å². The zero-order chi connectivity index (χ0) is 12.5. The third-order valence-electron chi connectivity index (χ3n) is 4.81. The molecular formula is C15H22BrNS. The lowest BCUT2D eigenvalue weighted by molar-refractivity contribution is 0.250. The fourth-order valence-corrected chi connectivity index (χ4v) is 5.59. The Morgan fingerprint density at radius 1 is 1.39 bits per heavy atom. The number of hydrogen-bond acceptors (Lipinski definition) is 2. The fourth-order valence-electron chi connectivity index (χ4n) is 4.01. The molecule has 1 N–H and O–H groups in total. The molecule has 0 amide bonds. The van der Waals surface area contributed by atoms with E-state index in [1.54, 1.807) is 0 Å². The first-order valence-corrected chi connectivity index (χ1v) is 8.98. The van der Waals surface area contributed by atoms with Gasteiger partial charge in [0.05, 0.1) is 0 Å². The zero-order valence-electron chi connectivity index (χ0n) is 11.0. The quantitative estimate of drug-likeness (QED) is 0.803. The van der Waals surface area contributed by atoms with E-state index >= 15 is 0 Å². The molecule has 4 unspecified atom stereocenters. The molecule has 1 heterocycles. The van der Waals surface area contributed by atoms with E-state index < -0.39 is 0 Å². The highest BCUT2D eigenvalue weighted by molar-refractivity contribution is 9.10. The minimum Gasteiger partial charge on any atom is -0.310 e. The predicted molar refractivity (Wildman–Crippen MR) is 82.0 cm³/mol. The van der Waals surface area contributed by atoms with Gasteiger partial charge in [0.1, 0.15) is 0 Å². The molecule has 1 aromatic heterocycles. The first kappa shape index (κ1) is 13.1. The highest BCUT2D eigenvalue weighted by atomic mass is 79.9. The van der Waals surface area contributed by atoms with Crippen LogP contribution in [0.15, 0.2) is 15.2 Å². The molecule has 1 nitrogen and oxygen atoms in total. The van der Waals surface area contributed by atoms with Crippen molar-refractivity contribution in [3.05, 3.63) is 20.8 Å². The first-order valence-electron chi connectivity index (χ1n) is 7.24. The number of fused-ring (bicyclic) bond motifs is 2. The Balaban J connectivity index is 1.79. The molecule has 3 heteroatoms. The molecule has 0 aromatic carbocycles. The van der Waals surface area contributed by atoms with Gasteiger partial charge in [-0.15, -0.1) is 0 Å². The number of halogens is 1. The van der Waals surface area contributed by atoms with Crippen LogP contribution in [-0.4, -0.2) is 6.54 Å². The maximum atomic E-state index is 3.82. The molecule has 0 radical (unpaired) electrons. The van der Waals surface area contributed by atoms with Crippen LogP contribution in [0.1, 0.15) is 50.6 Å². The van der Waals surface area contributed by atoms with Gasteiger partial charge in [-0.2, -0.15) is 11.3 Å². The van der Waals surface area contributed by atoms with E-state index in [4.69, 9.17) is 0 Å². The normalized spacial score (nSPS) is 32.0. The monoisotopic (exact) mass is 327 g/mol. The molecule has 1 aromatic rings. The molecule has 2 saturated carbocycles. The zero-order valence-corrected chi connectivity index (χ0v) is 13.4. The summed E-state index contributed by atoms with van der Waals surface area (Å²) in [5.74, 6) is 2.89. The van der Waals surface area contributed by atoms with Gasteiger partial charge in [-0.05, 0) is 76.9 Å². The molecule has 0 spiro atoms. The van der Waals surface area contributed by atoms with Crippen molar-refractivity contribution in [1.82, 2.24) is 5.32 Å². The summed E-state index contributed by atoms with van der Waals surface area (Å²) in [5, 5.41) is 8.38. The molecule has 2 bridgehead atoms. The second-order valence-electron chi connectivity index (χ2n) is 5.95. The van der Waals surface area contributed by atoms with E-state index in [-0.39, 0.29) is 0 Å². The number of rotatable bonds is 5. The summed E-state index contributed by atoms with van der Waals surface area (Å²) in [6, 6.07) is 0.584. The summed E-state index contributed by atoms with van der Waals surface area (Å²) in [4.78, 5) is 0. The van der Waals surface area contributed by atoms with Crippen LogP contribution in [-0.2, 0) is 0 Å². The topological polar surface area (TPSA) is 12.0 Å². The van der Waals surface area contributed by atoms with E-state index in [1.807, 2.05) is 11.3 Å². The summed E-state index contributed by atoms with van der Waals surface area (Å²) in [7, 11) is 0. The second-order valence-corrected chi connectivity index (χ2v) is 7.54. The van der Waals surface area contributed by atoms with Crippen molar-refractivity contribution in [1.29, 1.82) is 0 Å². The molecule has 18 heavy (non-hydrogen) atoms. The van der Waals surface area contributed by atoms with Gasteiger partial charge in [0, 0.05) is 15.9 Å². The lowest BCUT2D eigenvalue weighted by atomic mass is 9.81. The Bertz CT molecular complexity index is 403. The van der Waals surface area contributed by atoms with Gasteiger partial charge in [0.25, 0.3) is 0 Å².